The molecule has 1 atom stereocenters. The smallest absolute Gasteiger partial charge is 0.246 e. The number of benzene rings is 1. The van der Waals surface area contributed by atoms with Gasteiger partial charge >= 0.3 is 0 Å². The van der Waals surface area contributed by atoms with E-state index < -0.39 is 17.7 Å². The highest BCUT2D eigenvalue weighted by atomic mass is 19.1. The Balaban J connectivity index is 2.76. The highest BCUT2D eigenvalue weighted by molar-refractivity contribution is 5.77. The summed E-state index contributed by atoms with van der Waals surface area (Å²) in [6, 6.07) is 2.53. The summed E-state index contributed by atoms with van der Waals surface area (Å²) in [5, 5.41) is 2.49. The molecule has 0 unspecified atom stereocenters. The predicted molar refractivity (Wildman–Crippen MR) is 54.8 cm³/mol. The molecule has 5 heteroatoms. The zero-order chi connectivity index (χ0) is 12.1. The fourth-order valence-corrected chi connectivity index (χ4v) is 1.34. The Hall–Kier alpha value is -1.49. The molecule has 0 spiro atoms. The SMILES string of the molecule is COCC(=O)N[C@H](C)c1cc(F)ccc1F. The largest absolute Gasteiger partial charge is 0.375 e. The minimum Gasteiger partial charge on any atom is -0.375 e. The van der Waals surface area contributed by atoms with Crippen LogP contribution in [-0.2, 0) is 9.53 Å². The van der Waals surface area contributed by atoms with Crippen molar-refractivity contribution in [3.63, 3.8) is 0 Å². The van der Waals surface area contributed by atoms with E-state index in [0.717, 1.165) is 18.2 Å². The molecule has 1 amide bonds. The molecular weight excluding hydrogens is 216 g/mol. The van der Waals surface area contributed by atoms with Crippen molar-refractivity contribution in [3.8, 4) is 0 Å². The summed E-state index contributed by atoms with van der Waals surface area (Å²) in [5.74, 6) is -1.46. The Kier molecular flexibility index (Phi) is 4.37. The molecule has 1 aromatic carbocycles. The van der Waals surface area contributed by atoms with Gasteiger partial charge in [0.15, 0.2) is 0 Å². The lowest BCUT2D eigenvalue weighted by Gasteiger charge is -2.14. The van der Waals surface area contributed by atoms with Crippen molar-refractivity contribution in [1.82, 2.24) is 5.32 Å². The van der Waals surface area contributed by atoms with Gasteiger partial charge in [-0.2, -0.15) is 0 Å². The lowest BCUT2D eigenvalue weighted by molar-refractivity contribution is -0.125. The maximum Gasteiger partial charge on any atom is 0.246 e. The summed E-state index contributed by atoms with van der Waals surface area (Å²) in [6.07, 6.45) is 0. The number of nitrogens with one attached hydrogen (secondary N) is 1. The van der Waals surface area contributed by atoms with Gasteiger partial charge in [0.1, 0.15) is 18.2 Å². The zero-order valence-corrected chi connectivity index (χ0v) is 9.09. The van der Waals surface area contributed by atoms with Crippen molar-refractivity contribution in [3.05, 3.63) is 35.4 Å². The lowest BCUT2D eigenvalue weighted by atomic mass is 10.1. The van der Waals surface area contributed by atoms with Crippen LogP contribution >= 0.6 is 0 Å². The number of amides is 1. The van der Waals surface area contributed by atoms with Gasteiger partial charge in [-0.3, -0.25) is 4.79 Å². The summed E-state index contributed by atoms with van der Waals surface area (Å²) < 4.78 is 30.8. The maximum absolute atomic E-state index is 13.3. The summed E-state index contributed by atoms with van der Waals surface area (Å²) in [5.41, 5.74) is 0.115. The summed E-state index contributed by atoms with van der Waals surface area (Å²) in [7, 11) is 1.38. The number of carbonyl (C=O) groups excluding carboxylic acids is 1. The predicted octanol–water partition coefficient (Wildman–Crippen LogP) is 1.79. The molecule has 0 aliphatic rings. The number of ether oxygens (including phenoxy) is 1. The quantitative estimate of drug-likeness (QED) is 0.854. The van der Waals surface area contributed by atoms with Crippen molar-refractivity contribution >= 4 is 5.91 Å². The molecule has 0 heterocycles. The van der Waals surface area contributed by atoms with Crippen LogP contribution in [0.5, 0.6) is 0 Å². The van der Waals surface area contributed by atoms with E-state index >= 15 is 0 Å². The summed E-state index contributed by atoms with van der Waals surface area (Å²) in [6.45, 7) is 1.46. The number of hydrogen-bond donors (Lipinski definition) is 1. The summed E-state index contributed by atoms with van der Waals surface area (Å²) in [4.78, 5) is 11.2. The summed E-state index contributed by atoms with van der Waals surface area (Å²) >= 11 is 0. The lowest BCUT2D eigenvalue weighted by Crippen LogP contribution is -2.30. The molecule has 0 aliphatic heterocycles. The third-order valence-corrected chi connectivity index (χ3v) is 2.08. The van der Waals surface area contributed by atoms with Crippen LogP contribution in [0.25, 0.3) is 0 Å². The van der Waals surface area contributed by atoms with Crippen LogP contribution in [0.1, 0.15) is 18.5 Å². The standard InChI is InChI=1S/C11H13F2NO2/c1-7(14-11(15)6-16-2)9-5-8(12)3-4-10(9)13/h3-5,7H,6H2,1-2H3,(H,14,15)/t7-/m1/s1. The van der Waals surface area contributed by atoms with Crippen molar-refractivity contribution in [2.45, 2.75) is 13.0 Å². The monoisotopic (exact) mass is 229 g/mol. The van der Waals surface area contributed by atoms with Crippen LogP contribution in [0.2, 0.25) is 0 Å². The van der Waals surface area contributed by atoms with E-state index in [4.69, 9.17) is 0 Å². The molecule has 3 nitrogen and oxygen atoms in total. The number of hydrogen-bond acceptors (Lipinski definition) is 2. The minimum absolute atomic E-state index is 0.110. The molecule has 1 rings (SSSR count). The first-order valence-corrected chi connectivity index (χ1v) is 4.78. The van der Waals surface area contributed by atoms with E-state index in [1.165, 1.54) is 7.11 Å². The Morgan fingerprint density at radius 1 is 1.50 bits per heavy atom. The van der Waals surface area contributed by atoms with Gasteiger partial charge in [-0.25, -0.2) is 8.78 Å². The number of methoxy groups -OCH3 is 1. The molecule has 0 saturated carbocycles. The van der Waals surface area contributed by atoms with Gasteiger partial charge in [0.2, 0.25) is 5.91 Å². The maximum atomic E-state index is 13.3. The second-order valence-corrected chi connectivity index (χ2v) is 3.39. The van der Waals surface area contributed by atoms with E-state index in [-0.39, 0.29) is 18.1 Å². The van der Waals surface area contributed by atoms with Gasteiger partial charge in [0.05, 0.1) is 6.04 Å². The molecule has 0 aliphatic carbocycles. The topological polar surface area (TPSA) is 38.3 Å². The van der Waals surface area contributed by atoms with Gasteiger partial charge in [0, 0.05) is 12.7 Å². The molecule has 0 saturated heterocycles. The van der Waals surface area contributed by atoms with E-state index in [1.54, 1.807) is 6.92 Å². The molecule has 0 aromatic heterocycles. The second-order valence-electron chi connectivity index (χ2n) is 3.39. The van der Waals surface area contributed by atoms with Crippen molar-refractivity contribution in [2.24, 2.45) is 0 Å². The van der Waals surface area contributed by atoms with Crippen LogP contribution < -0.4 is 5.32 Å². The Morgan fingerprint density at radius 2 is 2.19 bits per heavy atom. The first-order valence-electron chi connectivity index (χ1n) is 4.78. The van der Waals surface area contributed by atoms with Gasteiger partial charge in [-0.05, 0) is 25.1 Å². The van der Waals surface area contributed by atoms with E-state index in [1.807, 2.05) is 0 Å². The molecule has 16 heavy (non-hydrogen) atoms. The van der Waals surface area contributed by atoms with Crippen LogP contribution in [0.15, 0.2) is 18.2 Å². The number of rotatable bonds is 4. The van der Waals surface area contributed by atoms with Gasteiger partial charge in [0.25, 0.3) is 0 Å². The molecule has 0 fully saturated rings. The molecule has 1 aromatic rings. The van der Waals surface area contributed by atoms with Crippen molar-refractivity contribution in [2.75, 3.05) is 13.7 Å². The van der Waals surface area contributed by atoms with Crippen molar-refractivity contribution < 1.29 is 18.3 Å². The average Bonchev–Trinajstić information content (AvgIpc) is 2.21. The van der Waals surface area contributed by atoms with Gasteiger partial charge in [-0.15, -0.1) is 0 Å². The Labute approximate surface area is 92.4 Å². The fourth-order valence-electron chi connectivity index (χ4n) is 1.34. The number of carbonyl (C=O) groups is 1. The molecule has 1 N–H and O–H groups in total. The van der Waals surface area contributed by atoms with Gasteiger partial charge < -0.3 is 10.1 Å². The van der Waals surface area contributed by atoms with Crippen LogP contribution in [0, 0.1) is 11.6 Å². The molecule has 0 radical (unpaired) electrons. The van der Waals surface area contributed by atoms with E-state index in [0.29, 0.717) is 0 Å². The normalized spacial score (nSPS) is 12.2. The van der Waals surface area contributed by atoms with Gasteiger partial charge in [-0.1, -0.05) is 0 Å². The fraction of sp³-hybridized carbons (Fsp3) is 0.364. The van der Waals surface area contributed by atoms with Crippen molar-refractivity contribution in [1.29, 1.82) is 0 Å². The number of halogens is 2. The highest BCUT2D eigenvalue weighted by Crippen LogP contribution is 2.17. The Bertz CT molecular complexity index is 382. The third kappa shape index (κ3) is 3.27. The minimum atomic E-state index is -0.599. The van der Waals surface area contributed by atoms with Crippen LogP contribution in [0.3, 0.4) is 0 Å². The molecule has 0 bridgehead atoms. The van der Waals surface area contributed by atoms with Crippen LogP contribution in [0.4, 0.5) is 8.78 Å². The molecular formula is C11H13F2NO2. The third-order valence-electron chi connectivity index (χ3n) is 2.08. The van der Waals surface area contributed by atoms with Crippen LogP contribution in [-0.4, -0.2) is 19.6 Å². The van der Waals surface area contributed by atoms with E-state index in [2.05, 4.69) is 10.1 Å². The first-order chi connectivity index (χ1) is 7.54. The first kappa shape index (κ1) is 12.6. The average molecular weight is 229 g/mol. The van der Waals surface area contributed by atoms with E-state index in [9.17, 15) is 13.6 Å². The Morgan fingerprint density at radius 3 is 2.81 bits per heavy atom. The highest BCUT2D eigenvalue weighted by Gasteiger charge is 2.14. The second kappa shape index (κ2) is 5.55. The molecule has 88 valence electrons. The zero-order valence-electron chi connectivity index (χ0n) is 9.09.